The first-order valence-electron chi connectivity index (χ1n) is 7.20. The predicted octanol–water partition coefficient (Wildman–Crippen LogP) is 4.61. The lowest BCUT2D eigenvalue weighted by molar-refractivity contribution is -0.370. The second-order valence-corrected chi connectivity index (χ2v) is 6.49. The first-order valence-corrected chi connectivity index (χ1v) is 7.20. The van der Waals surface area contributed by atoms with E-state index in [1.54, 1.807) is 12.2 Å². The highest BCUT2D eigenvalue weighted by Crippen LogP contribution is 2.53. The summed E-state index contributed by atoms with van der Waals surface area (Å²) in [6, 6.07) is 0. The third-order valence-electron chi connectivity index (χ3n) is 4.34. The van der Waals surface area contributed by atoms with E-state index < -0.39 is 41.7 Å². The molecule has 0 radical (unpaired) electrons. The van der Waals surface area contributed by atoms with Crippen LogP contribution in [0.3, 0.4) is 0 Å². The smallest absolute Gasteiger partial charge is 0.381 e. The van der Waals surface area contributed by atoms with Crippen LogP contribution in [0.4, 0.5) is 35.1 Å². The Bertz CT molecular complexity index is 621. The van der Waals surface area contributed by atoms with Crippen LogP contribution in [-0.4, -0.2) is 35.8 Å². The molecule has 2 nitrogen and oxygen atoms in total. The van der Waals surface area contributed by atoms with Gasteiger partial charge in [0.2, 0.25) is 0 Å². The fraction of sp³-hybridized carbons (Fsp3) is 0.667. The molecule has 2 aliphatic carbocycles. The molecule has 0 aliphatic heterocycles. The summed E-state index contributed by atoms with van der Waals surface area (Å²) >= 11 is 0. The lowest BCUT2D eigenvalue weighted by Crippen LogP contribution is -2.66. The Labute approximate surface area is 137 Å². The molecule has 0 heterocycles. The Balaban J connectivity index is 2.25. The standard InChI is InChI=1S/C15H14F8O2/c1-12(2,14(20,21)15(22,23)13(18,19)11(16)17)25-10(24)9-6-7-3-4-8(9)5-7/h3-4,6-8,11H,5H2,1-2H3. The van der Waals surface area contributed by atoms with Crippen molar-refractivity contribution in [2.45, 2.75) is 50.1 Å². The van der Waals surface area contributed by atoms with E-state index >= 15 is 0 Å². The van der Waals surface area contributed by atoms with E-state index in [-0.39, 0.29) is 25.3 Å². The zero-order valence-corrected chi connectivity index (χ0v) is 13.0. The number of hydrogen-bond acceptors (Lipinski definition) is 2. The molecular formula is C15H14F8O2. The van der Waals surface area contributed by atoms with Gasteiger partial charge >= 0.3 is 30.2 Å². The van der Waals surface area contributed by atoms with Crippen molar-refractivity contribution in [3.8, 4) is 0 Å². The maximum Gasteiger partial charge on any atom is 0.381 e. The van der Waals surface area contributed by atoms with Gasteiger partial charge in [-0.2, -0.15) is 26.3 Å². The molecule has 0 N–H and O–H groups in total. The van der Waals surface area contributed by atoms with Crippen molar-refractivity contribution in [3.05, 3.63) is 23.8 Å². The normalized spacial score (nSPS) is 24.0. The molecule has 0 saturated heterocycles. The summed E-state index contributed by atoms with van der Waals surface area (Å²) in [6.07, 6.45) is 0.205. The number of esters is 1. The minimum atomic E-state index is -6.44. The summed E-state index contributed by atoms with van der Waals surface area (Å²) in [4.78, 5) is 12.0. The average molecular weight is 378 g/mol. The van der Waals surface area contributed by atoms with Crippen molar-refractivity contribution in [1.29, 1.82) is 0 Å². The summed E-state index contributed by atoms with van der Waals surface area (Å²) in [7, 11) is 0. The van der Waals surface area contributed by atoms with Gasteiger partial charge in [-0.1, -0.05) is 18.2 Å². The van der Waals surface area contributed by atoms with Crippen molar-refractivity contribution < 1.29 is 44.7 Å². The molecule has 142 valence electrons. The lowest BCUT2D eigenvalue weighted by atomic mass is 9.90. The van der Waals surface area contributed by atoms with Crippen LogP contribution in [0, 0.1) is 11.8 Å². The number of halogens is 8. The number of carbonyl (C=O) groups excluding carboxylic acids is 1. The van der Waals surface area contributed by atoms with Gasteiger partial charge in [-0.3, -0.25) is 0 Å². The average Bonchev–Trinajstić information content (AvgIpc) is 3.08. The van der Waals surface area contributed by atoms with Crippen LogP contribution in [0.25, 0.3) is 0 Å². The molecule has 2 rings (SSSR count). The first-order chi connectivity index (χ1) is 11.1. The van der Waals surface area contributed by atoms with Crippen LogP contribution < -0.4 is 0 Å². The third-order valence-corrected chi connectivity index (χ3v) is 4.34. The molecule has 2 unspecified atom stereocenters. The zero-order chi connectivity index (χ0) is 19.4. The second-order valence-electron chi connectivity index (χ2n) is 6.49. The van der Waals surface area contributed by atoms with Crippen molar-refractivity contribution in [1.82, 2.24) is 0 Å². The molecule has 10 heteroatoms. The number of carbonyl (C=O) groups is 1. The van der Waals surface area contributed by atoms with Crippen LogP contribution in [0.1, 0.15) is 20.3 Å². The van der Waals surface area contributed by atoms with Gasteiger partial charge in [-0.15, -0.1) is 0 Å². The van der Waals surface area contributed by atoms with Crippen LogP contribution in [0.5, 0.6) is 0 Å². The summed E-state index contributed by atoms with van der Waals surface area (Å²) < 4.78 is 110. The van der Waals surface area contributed by atoms with Crippen molar-refractivity contribution in [2.75, 3.05) is 0 Å². The maximum atomic E-state index is 14.0. The maximum absolute atomic E-state index is 14.0. The summed E-state index contributed by atoms with van der Waals surface area (Å²) in [6.45, 7) is 0.536. The van der Waals surface area contributed by atoms with Crippen molar-refractivity contribution >= 4 is 5.97 Å². The van der Waals surface area contributed by atoms with Gasteiger partial charge in [0, 0.05) is 11.5 Å². The lowest BCUT2D eigenvalue weighted by Gasteiger charge is -2.40. The Morgan fingerprint density at radius 3 is 2.04 bits per heavy atom. The number of ether oxygens (including phenoxy) is 1. The molecule has 2 aliphatic rings. The van der Waals surface area contributed by atoms with E-state index in [0.717, 1.165) is 0 Å². The summed E-state index contributed by atoms with van der Waals surface area (Å²) in [5.41, 5.74) is -3.52. The minimum Gasteiger partial charge on any atom is -0.450 e. The van der Waals surface area contributed by atoms with E-state index in [0.29, 0.717) is 6.42 Å². The minimum absolute atomic E-state index is 0.0553. The molecule has 0 saturated carbocycles. The summed E-state index contributed by atoms with van der Waals surface area (Å²) in [5.74, 6) is -20.5. The molecule has 2 atom stereocenters. The molecular weight excluding hydrogens is 364 g/mol. The molecule has 0 aromatic carbocycles. The van der Waals surface area contributed by atoms with Crippen LogP contribution in [0.15, 0.2) is 23.8 Å². The van der Waals surface area contributed by atoms with Crippen LogP contribution in [-0.2, 0) is 9.53 Å². The predicted molar refractivity (Wildman–Crippen MR) is 69.8 cm³/mol. The van der Waals surface area contributed by atoms with Gasteiger partial charge < -0.3 is 4.74 Å². The van der Waals surface area contributed by atoms with Gasteiger partial charge in [0.1, 0.15) is 0 Å². The van der Waals surface area contributed by atoms with E-state index in [1.807, 2.05) is 0 Å². The largest absolute Gasteiger partial charge is 0.450 e. The highest BCUT2D eigenvalue weighted by Gasteiger charge is 2.80. The topological polar surface area (TPSA) is 26.3 Å². The molecule has 0 fully saturated rings. The van der Waals surface area contributed by atoms with Gasteiger partial charge in [0.25, 0.3) is 0 Å². The molecule has 0 aromatic rings. The number of alkyl halides is 8. The third kappa shape index (κ3) is 2.83. The summed E-state index contributed by atoms with van der Waals surface area (Å²) in [5, 5.41) is 0. The zero-order valence-electron chi connectivity index (χ0n) is 13.0. The SMILES string of the molecule is CC(C)(OC(=O)C1=CC2C=CC1C2)C(F)(F)C(F)(F)C(F)(F)C(F)F. The van der Waals surface area contributed by atoms with Gasteiger partial charge in [-0.25, -0.2) is 13.6 Å². The number of hydrogen-bond donors (Lipinski definition) is 0. The van der Waals surface area contributed by atoms with E-state index in [9.17, 15) is 39.9 Å². The van der Waals surface area contributed by atoms with Crippen LogP contribution >= 0.6 is 0 Å². The highest BCUT2D eigenvalue weighted by molar-refractivity contribution is 5.91. The monoisotopic (exact) mass is 378 g/mol. The number of rotatable bonds is 6. The Hall–Kier alpha value is -1.61. The highest BCUT2D eigenvalue weighted by atomic mass is 19.4. The quantitative estimate of drug-likeness (QED) is 0.383. The van der Waals surface area contributed by atoms with E-state index in [4.69, 9.17) is 0 Å². The fourth-order valence-electron chi connectivity index (χ4n) is 2.73. The molecule has 25 heavy (non-hydrogen) atoms. The molecule has 0 amide bonds. The van der Waals surface area contributed by atoms with Gasteiger partial charge in [0.15, 0.2) is 5.60 Å². The Morgan fingerprint density at radius 1 is 1.08 bits per heavy atom. The van der Waals surface area contributed by atoms with Gasteiger partial charge in [0.05, 0.1) is 0 Å². The fourth-order valence-corrected chi connectivity index (χ4v) is 2.73. The molecule has 0 aromatic heterocycles. The Kier molecular flexibility index (Phi) is 4.49. The second kappa shape index (κ2) is 5.70. The van der Waals surface area contributed by atoms with E-state index in [1.165, 1.54) is 6.08 Å². The number of fused-ring (bicyclic) bond motifs is 2. The van der Waals surface area contributed by atoms with Crippen molar-refractivity contribution in [2.24, 2.45) is 11.8 Å². The molecule has 2 bridgehead atoms. The van der Waals surface area contributed by atoms with Crippen LogP contribution in [0.2, 0.25) is 0 Å². The first kappa shape index (κ1) is 19.7. The molecule has 0 spiro atoms. The Morgan fingerprint density at radius 2 is 1.64 bits per heavy atom. The van der Waals surface area contributed by atoms with E-state index in [2.05, 4.69) is 4.74 Å². The number of allylic oxidation sites excluding steroid dienone is 3. The van der Waals surface area contributed by atoms with Crippen molar-refractivity contribution in [3.63, 3.8) is 0 Å². The van der Waals surface area contributed by atoms with Gasteiger partial charge in [-0.05, 0) is 26.2 Å².